The van der Waals surface area contributed by atoms with Crippen molar-refractivity contribution in [3.63, 3.8) is 0 Å². The van der Waals surface area contributed by atoms with E-state index in [1.165, 1.54) is 6.21 Å². The summed E-state index contributed by atoms with van der Waals surface area (Å²) in [5.41, 5.74) is 3.62. The van der Waals surface area contributed by atoms with E-state index in [4.69, 9.17) is 21.1 Å². The third-order valence-corrected chi connectivity index (χ3v) is 3.08. The van der Waals surface area contributed by atoms with Gasteiger partial charge in [0, 0.05) is 22.2 Å². The van der Waals surface area contributed by atoms with Gasteiger partial charge in [0.1, 0.15) is 11.5 Å². The van der Waals surface area contributed by atoms with Crippen LogP contribution in [0.2, 0.25) is 5.02 Å². The number of benzene rings is 2. The van der Waals surface area contributed by atoms with Gasteiger partial charge in [0.15, 0.2) is 0 Å². The van der Waals surface area contributed by atoms with Gasteiger partial charge in [-0.15, -0.1) is 0 Å². The Kier molecular flexibility index (Phi) is 5.38. The number of halogens is 1. The lowest BCUT2D eigenvalue weighted by molar-refractivity contribution is 0.0955. The van der Waals surface area contributed by atoms with Crippen molar-refractivity contribution in [3.8, 4) is 11.5 Å². The van der Waals surface area contributed by atoms with Crippen molar-refractivity contribution < 1.29 is 14.3 Å². The summed E-state index contributed by atoms with van der Waals surface area (Å²) in [6.45, 7) is 0. The number of hydrogen-bond acceptors (Lipinski definition) is 4. The SMILES string of the molecule is COc1cc(/C=N/NC(=O)c2cccc(Cl)c2)cc(OC)c1. The summed E-state index contributed by atoms with van der Waals surface area (Å²) >= 11 is 5.84. The lowest BCUT2D eigenvalue weighted by Crippen LogP contribution is -2.17. The van der Waals surface area contributed by atoms with Gasteiger partial charge >= 0.3 is 0 Å². The van der Waals surface area contributed by atoms with Crippen LogP contribution in [0.3, 0.4) is 0 Å². The quantitative estimate of drug-likeness (QED) is 0.680. The average Bonchev–Trinajstić information content (AvgIpc) is 2.54. The van der Waals surface area contributed by atoms with E-state index in [0.717, 1.165) is 5.56 Å². The molecule has 0 saturated heterocycles. The summed E-state index contributed by atoms with van der Waals surface area (Å²) in [5, 5.41) is 4.41. The van der Waals surface area contributed by atoms with Crippen LogP contribution >= 0.6 is 11.6 Å². The van der Waals surface area contributed by atoms with Gasteiger partial charge in [-0.1, -0.05) is 17.7 Å². The van der Waals surface area contributed by atoms with Gasteiger partial charge in [0.25, 0.3) is 5.91 Å². The van der Waals surface area contributed by atoms with Gasteiger partial charge in [-0.25, -0.2) is 5.43 Å². The molecule has 1 amide bonds. The van der Waals surface area contributed by atoms with Crippen LogP contribution in [-0.2, 0) is 0 Å². The van der Waals surface area contributed by atoms with Crippen LogP contribution in [0.5, 0.6) is 11.5 Å². The monoisotopic (exact) mass is 318 g/mol. The highest BCUT2D eigenvalue weighted by atomic mass is 35.5. The Morgan fingerprint density at radius 2 is 1.82 bits per heavy atom. The predicted molar refractivity (Wildman–Crippen MR) is 86.1 cm³/mol. The first-order valence-corrected chi connectivity index (χ1v) is 6.82. The van der Waals surface area contributed by atoms with E-state index in [-0.39, 0.29) is 5.91 Å². The normalized spacial score (nSPS) is 10.5. The summed E-state index contributed by atoms with van der Waals surface area (Å²) < 4.78 is 10.3. The minimum Gasteiger partial charge on any atom is -0.497 e. The molecule has 2 rings (SSSR count). The third-order valence-electron chi connectivity index (χ3n) is 2.84. The highest BCUT2D eigenvalue weighted by Gasteiger charge is 2.04. The van der Waals surface area contributed by atoms with Gasteiger partial charge < -0.3 is 9.47 Å². The first-order chi connectivity index (χ1) is 10.6. The molecule has 2 aromatic rings. The molecule has 5 nitrogen and oxygen atoms in total. The fourth-order valence-corrected chi connectivity index (χ4v) is 1.95. The Morgan fingerprint density at radius 1 is 1.14 bits per heavy atom. The van der Waals surface area contributed by atoms with Crippen LogP contribution in [0.15, 0.2) is 47.6 Å². The van der Waals surface area contributed by atoms with E-state index in [0.29, 0.717) is 22.1 Å². The van der Waals surface area contributed by atoms with Crippen LogP contribution in [0, 0.1) is 0 Å². The molecule has 0 unspecified atom stereocenters. The first kappa shape index (κ1) is 15.9. The van der Waals surface area contributed by atoms with E-state index < -0.39 is 0 Å². The average molecular weight is 319 g/mol. The van der Waals surface area contributed by atoms with Crippen molar-refractivity contribution in [2.24, 2.45) is 5.10 Å². The molecule has 0 radical (unpaired) electrons. The topological polar surface area (TPSA) is 59.9 Å². The maximum Gasteiger partial charge on any atom is 0.271 e. The molecular weight excluding hydrogens is 304 g/mol. The number of carbonyl (C=O) groups excluding carboxylic acids is 1. The molecule has 0 aliphatic carbocycles. The van der Waals surface area contributed by atoms with Crippen LogP contribution in [0.1, 0.15) is 15.9 Å². The predicted octanol–water partition coefficient (Wildman–Crippen LogP) is 3.12. The minimum atomic E-state index is -0.339. The van der Waals surface area contributed by atoms with Gasteiger partial charge in [-0.3, -0.25) is 4.79 Å². The molecule has 6 heteroatoms. The van der Waals surface area contributed by atoms with E-state index in [1.54, 1.807) is 56.7 Å². The molecule has 1 N–H and O–H groups in total. The van der Waals surface area contributed by atoms with Crippen LogP contribution < -0.4 is 14.9 Å². The number of hydrogen-bond donors (Lipinski definition) is 1. The second-order valence-corrected chi connectivity index (χ2v) is 4.79. The molecule has 0 aliphatic rings. The first-order valence-electron chi connectivity index (χ1n) is 6.44. The van der Waals surface area contributed by atoms with Crippen molar-refractivity contribution in [2.75, 3.05) is 14.2 Å². The highest BCUT2D eigenvalue weighted by molar-refractivity contribution is 6.30. The Labute approximate surface area is 133 Å². The van der Waals surface area contributed by atoms with Crippen molar-refractivity contribution in [1.82, 2.24) is 5.43 Å². The van der Waals surface area contributed by atoms with E-state index in [2.05, 4.69) is 10.5 Å². The second-order valence-electron chi connectivity index (χ2n) is 4.36. The lowest BCUT2D eigenvalue weighted by atomic mass is 10.2. The van der Waals surface area contributed by atoms with Gasteiger partial charge in [-0.2, -0.15) is 5.10 Å². The Hall–Kier alpha value is -2.53. The van der Waals surface area contributed by atoms with Crippen LogP contribution in [0.25, 0.3) is 0 Å². The number of hydrazone groups is 1. The fourth-order valence-electron chi connectivity index (χ4n) is 1.76. The molecule has 0 atom stereocenters. The standard InChI is InChI=1S/C16H15ClN2O3/c1-21-14-6-11(7-15(9-14)22-2)10-18-19-16(20)12-4-3-5-13(17)8-12/h3-10H,1-2H3,(H,19,20)/b18-10+. The molecule has 0 saturated carbocycles. The summed E-state index contributed by atoms with van der Waals surface area (Å²) in [6, 6.07) is 11.9. The Morgan fingerprint density at radius 3 is 2.41 bits per heavy atom. The third kappa shape index (κ3) is 4.23. The van der Waals surface area contributed by atoms with Gasteiger partial charge in [0.2, 0.25) is 0 Å². The molecule has 114 valence electrons. The molecule has 0 heterocycles. The zero-order chi connectivity index (χ0) is 15.9. The summed E-state index contributed by atoms with van der Waals surface area (Å²) in [7, 11) is 3.13. The van der Waals surface area contributed by atoms with Crippen molar-refractivity contribution >= 4 is 23.7 Å². The largest absolute Gasteiger partial charge is 0.497 e. The minimum absolute atomic E-state index is 0.339. The molecular formula is C16H15ClN2O3. The van der Waals surface area contributed by atoms with Crippen molar-refractivity contribution in [2.45, 2.75) is 0 Å². The summed E-state index contributed by atoms with van der Waals surface area (Å²) in [4.78, 5) is 11.9. The zero-order valence-electron chi connectivity index (χ0n) is 12.2. The lowest BCUT2D eigenvalue weighted by Gasteiger charge is -2.05. The highest BCUT2D eigenvalue weighted by Crippen LogP contribution is 2.21. The van der Waals surface area contributed by atoms with Crippen molar-refractivity contribution in [3.05, 3.63) is 58.6 Å². The number of rotatable bonds is 5. The number of amides is 1. The van der Waals surface area contributed by atoms with Gasteiger partial charge in [0.05, 0.1) is 20.4 Å². The molecule has 0 spiro atoms. The fraction of sp³-hybridized carbons (Fsp3) is 0.125. The number of ether oxygens (including phenoxy) is 2. The summed E-state index contributed by atoms with van der Waals surface area (Å²) in [5.74, 6) is 0.942. The Bertz CT molecular complexity index is 679. The molecule has 0 bridgehead atoms. The number of nitrogens with one attached hydrogen (secondary N) is 1. The number of carbonyl (C=O) groups is 1. The van der Waals surface area contributed by atoms with Crippen LogP contribution in [-0.4, -0.2) is 26.3 Å². The number of nitrogens with zero attached hydrogens (tertiary/aromatic N) is 1. The molecule has 0 aliphatic heterocycles. The molecule has 2 aromatic carbocycles. The van der Waals surface area contributed by atoms with E-state index in [9.17, 15) is 4.79 Å². The molecule has 22 heavy (non-hydrogen) atoms. The van der Waals surface area contributed by atoms with E-state index in [1.807, 2.05) is 0 Å². The smallest absolute Gasteiger partial charge is 0.271 e. The maximum atomic E-state index is 11.9. The van der Waals surface area contributed by atoms with Crippen LogP contribution in [0.4, 0.5) is 0 Å². The second kappa shape index (κ2) is 7.47. The zero-order valence-corrected chi connectivity index (χ0v) is 12.9. The molecule has 0 aromatic heterocycles. The summed E-state index contributed by atoms with van der Waals surface area (Å²) in [6.07, 6.45) is 1.51. The maximum absolute atomic E-state index is 11.9. The Balaban J connectivity index is 2.07. The number of methoxy groups -OCH3 is 2. The van der Waals surface area contributed by atoms with Crippen molar-refractivity contribution in [1.29, 1.82) is 0 Å². The molecule has 0 fully saturated rings. The van der Waals surface area contributed by atoms with E-state index >= 15 is 0 Å². The van der Waals surface area contributed by atoms with Gasteiger partial charge in [-0.05, 0) is 30.3 Å².